The molecule has 0 N–H and O–H groups in total. The molecule has 1 atom stereocenters. The van der Waals surface area contributed by atoms with Crippen LogP contribution in [0.4, 0.5) is 0 Å². The van der Waals surface area contributed by atoms with Gasteiger partial charge in [0.05, 0.1) is 7.11 Å². The molecule has 0 aromatic carbocycles. The summed E-state index contributed by atoms with van der Waals surface area (Å²) in [6.45, 7) is 1.97. The van der Waals surface area contributed by atoms with Crippen LogP contribution in [0.15, 0.2) is 0 Å². The molecule has 0 fully saturated rings. The fourth-order valence-corrected chi connectivity index (χ4v) is 1.79. The number of unbranched alkanes of at least 4 members (excludes halogenated alkanes) is 6. The summed E-state index contributed by atoms with van der Waals surface area (Å²) in [7, 11) is 1.43. The number of aldehydes is 1. The van der Waals surface area contributed by atoms with Gasteiger partial charge in [-0.1, -0.05) is 45.4 Å². The van der Waals surface area contributed by atoms with Gasteiger partial charge in [0.25, 0.3) is 0 Å². The first-order valence-electron chi connectivity index (χ1n) is 6.72. The number of hydrogen-bond donors (Lipinski definition) is 0. The Morgan fingerprint density at radius 1 is 1.06 bits per heavy atom. The van der Waals surface area contributed by atoms with Crippen molar-refractivity contribution in [2.75, 3.05) is 7.11 Å². The summed E-state index contributed by atoms with van der Waals surface area (Å²) in [4.78, 5) is 21.2. The van der Waals surface area contributed by atoms with E-state index in [9.17, 15) is 9.59 Å². The fraction of sp³-hybridized carbons (Fsp3) is 0.857. The van der Waals surface area contributed by atoms with Crippen molar-refractivity contribution in [3.05, 3.63) is 0 Å². The highest BCUT2D eigenvalue weighted by atomic mass is 16.5. The van der Waals surface area contributed by atoms with Crippen molar-refractivity contribution < 1.29 is 14.3 Å². The number of carbonyl (C=O) groups excluding carboxylic acids is 2. The van der Waals surface area contributed by atoms with Crippen molar-refractivity contribution in [2.45, 2.75) is 64.7 Å². The lowest BCUT2D eigenvalue weighted by Gasteiger charge is -2.03. The van der Waals surface area contributed by atoms with Gasteiger partial charge in [0.2, 0.25) is 0 Å². The minimum Gasteiger partial charge on any atom is -0.469 e. The van der Waals surface area contributed by atoms with Gasteiger partial charge in [-0.25, -0.2) is 0 Å². The molecule has 17 heavy (non-hydrogen) atoms. The Hall–Kier alpha value is -0.860. The van der Waals surface area contributed by atoms with E-state index in [1.165, 1.54) is 32.8 Å². The van der Waals surface area contributed by atoms with Crippen LogP contribution in [0.2, 0.25) is 0 Å². The minimum atomic E-state index is -0.104. The van der Waals surface area contributed by atoms with Gasteiger partial charge in [0.15, 0.2) is 0 Å². The Bertz CT molecular complexity index is 202. The third kappa shape index (κ3) is 11.4. The molecule has 3 nitrogen and oxygen atoms in total. The Morgan fingerprint density at radius 2 is 1.59 bits per heavy atom. The second kappa shape index (κ2) is 11.6. The standard InChI is InChI=1S/C14H26O3/c1-13(12-15)10-8-6-4-3-5-7-9-11-14(16)17-2/h12-13H,3-11H2,1-2H3. The van der Waals surface area contributed by atoms with Crippen LogP contribution < -0.4 is 0 Å². The smallest absolute Gasteiger partial charge is 0.305 e. The van der Waals surface area contributed by atoms with Crippen molar-refractivity contribution in [1.82, 2.24) is 0 Å². The van der Waals surface area contributed by atoms with Gasteiger partial charge in [-0.3, -0.25) is 4.79 Å². The number of methoxy groups -OCH3 is 1. The van der Waals surface area contributed by atoms with Crippen LogP contribution in [0.1, 0.15) is 64.7 Å². The maximum atomic E-state index is 10.8. The van der Waals surface area contributed by atoms with E-state index in [0.29, 0.717) is 6.42 Å². The number of rotatable bonds is 11. The third-order valence-corrected chi connectivity index (χ3v) is 3.00. The van der Waals surface area contributed by atoms with E-state index >= 15 is 0 Å². The van der Waals surface area contributed by atoms with Crippen LogP contribution in [0.25, 0.3) is 0 Å². The maximum absolute atomic E-state index is 10.8. The van der Waals surface area contributed by atoms with Crippen LogP contribution in [0.3, 0.4) is 0 Å². The predicted molar refractivity (Wildman–Crippen MR) is 68.8 cm³/mol. The molecule has 100 valence electrons. The van der Waals surface area contributed by atoms with Gasteiger partial charge in [-0.2, -0.15) is 0 Å². The van der Waals surface area contributed by atoms with Gasteiger partial charge < -0.3 is 9.53 Å². The van der Waals surface area contributed by atoms with E-state index in [4.69, 9.17) is 0 Å². The highest BCUT2D eigenvalue weighted by Crippen LogP contribution is 2.12. The van der Waals surface area contributed by atoms with E-state index in [0.717, 1.165) is 32.0 Å². The van der Waals surface area contributed by atoms with Crippen molar-refractivity contribution in [2.24, 2.45) is 5.92 Å². The zero-order chi connectivity index (χ0) is 12.9. The van der Waals surface area contributed by atoms with Crippen LogP contribution in [-0.4, -0.2) is 19.4 Å². The molecule has 0 aromatic heterocycles. The molecule has 1 unspecified atom stereocenters. The Labute approximate surface area is 105 Å². The van der Waals surface area contributed by atoms with Crippen LogP contribution >= 0.6 is 0 Å². The first-order chi connectivity index (χ1) is 8.20. The van der Waals surface area contributed by atoms with Crippen molar-refractivity contribution in [1.29, 1.82) is 0 Å². The second-order valence-electron chi connectivity index (χ2n) is 4.70. The molecule has 0 spiro atoms. The van der Waals surface area contributed by atoms with Crippen LogP contribution in [0, 0.1) is 5.92 Å². The topological polar surface area (TPSA) is 43.4 Å². The third-order valence-electron chi connectivity index (χ3n) is 3.00. The van der Waals surface area contributed by atoms with E-state index in [2.05, 4.69) is 4.74 Å². The molecular weight excluding hydrogens is 216 g/mol. The molecule has 0 rings (SSSR count). The predicted octanol–water partition coefficient (Wildman–Crippen LogP) is 3.51. The summed E-state index contributed by atoms with van der Waals surface area (Å²) in [5.41, 5.74) is 0. The van der Waals surface area contributed by atoms with E-state index in [-0.39, 0.29) is 11.9 Å². The van der Waals surface area contributed by atoms with Gasteiger partial charge in [0.1, 0.15) is 6.29 Å². The summed E-state index contributed by atoms with van der Waals surface area (Å²) in [6.07, 6.45) is 10.7. The molecular formula is C14H26O3. The highest BCUT2D eigenvalue weighted by Gasteiger charge is 2.00. The molecule has 0 aromatic rings. The summed E-state index contributed by atoms with van der Waals surface area (Å²) in [5, 5.41) is 0. The highest BCUT2D eigenvalue weighted by molar-refractivity contribution is 5.68. The molecule has 0 saturated heterocycles. The summed E-state index contributed by atoms with van der Waals surface area (Å²) < 4.78 is 4.58. The van der Waals surface area contributed by atoms with Crippen molar-refractivity contribution in [3.8, 4) is 0 Å². The molecule has 0 amide bonds. The van der Waals surface area contributed by atoms with Gasteiger partial charge in [-0.05, 0) is 12.8 Å². The molecule has 0 bridgehead atoms. The van der Waals surface area contributed by atoms with Gasteiger partial charge in [0, 0.05) is 12.3 Å². The molecule has 0 heterocycles. The lowest BCUT2D eigenvalue weighted by atomic mass is 10.0. The zero-order valence-corrected chi connectivity index (χ0v) is 11.2. The monoisotopic (exact) mass is 242 g/mol. The van der Waals surface area contributed by atoms with E-state index in [1.54, 1.807) is 0 Å². The first-order valence-corrected chi connectivity index (χ1v) is 6.72. The molecule has 0 radical (unpaired) electrons. The Balaban J connectivity index is 3.08. The number of ether oxygens (including phenoxy) is 1. The Morgan fingerprint density at radius 3 is 2.12 bits per heavy atom. The fourth-order valence-electron chi connectivity index (χ4n) is 1.79. The largest absolute Gasteiger partial charge is 0.469 e. The normalized spacial score (nSPS) is 12.1. The molecule has 0 saturated carbocycles. The van der Waals surface area contributed by atoms with E-state index < -0.39 is 0 Å². The molecule has 0 aliphatic heterocycles. The average Bonchev–Trinajstić information content (AvgIpc) is 2.35. The lowest BCUT2D eigenvalue weighted by Crippen LogP contribution is -1.99. The number of carbonyl (C=O) groups is 2. The second-order valence-corrected chi connectivity index (χ2v) is 4.70. The van der Waals surface area contributed by atoms with Gasteiger partial charge in [-0.15, -0.1) is 0 Å². The first kappa shape index (κ1) is 16.1. The number of hydrogen-bond acceptors (Lipinski definition) is 3. The lowest BCUT2D eigenvalue weighted by molar-refractivity contribution is -0.140. The summed E-state index contributed by atoms with van der Waals surface area (Å²) in [5.74, 6) is 0.114. The van der Waals surface area contributed by atoms with E-state index in [1.807, 2.05) is 6.92 Å². The van der Waals surface area contributed by atoms with Crippen LogP contribution in [-0.2, 0) is 14.3 Å². The molecule has 3 heteroatoms. The quantitative estimate of drug-likeness (QED) is 0.316. The summed E-state index contributed by atoms with van der Waals surface area (Å²) >= 11 is 0. The van der Waals surface area contributed by atoms with Crippen molar-refractivity contribution in [3.63, 3.8) is 0 Å². The maximum Gasteiger partial charge on any atom is 0.305 e. The van der Waals surface area contributed by atoms with Crippen molar-refractivity contribution >= 4 is 12.3 Å². The zero-order valence-electron chi connectivity index (χ0n) is 11.2. The van der Waals surface area contributed by atoms with Crippen LogP contribution in [0.5, 0.6) is 0 Å². The Kier molecular flexibility index (Phi) is 11.0. The number of esters is 1. The molecule has 0 aliphatic rings. The minimum absolute atomic E-state index is 0.104. The molecule has 0 aliphatic carbocycles. The SMILES string of the molecule is COC(=O)CCCCCCCCCC(C)C=O. The summed E-state index contributed by atoms with van der Waals surface area (Å²) in [6, 6.07) is 0. The van der Waals surface area contributed by atoms with Gasteiger partial charge >= 0.3 is 5.97 Å². The average molecular weight is 242 g/mol.